The first-order chi connectivity index (χ1) is 34.0. The molecule has 0 aromatic carbocycles. The van der Waals surface area contributed by atoms with Gasteiger partial charge >= 0.3 is 17.9 Å². The largest absolute Gasteiger partial charge is 0.462 e. The standard InChI is InChI=1S/C63H114O6/c1-4-7-10-13-16-19-21-23-25-27-29-31-33-34-36-38-40-42-44-47-50-53-56-62(65)68-59-60(58-67-61(64)55-52-49-46-18-15-12-9-6-3)69-63(66)57-54-51-48-45-43-41-39-37-35-32-30-28-26-24-22-20-17-14-11-8-5-2/h8,11,17,20,24,26,30,32,60H,4-7,9-10,12-16,18-19,21-23,25,27-29,31,33-59H2,1-3H3/b11-8-,20-17-,26-24-,32-30-. The highest BCUT2D eigenvalue weighted by Crippen LogP contribution is 2.17. The third-order valence-electron chi connectivity index (χ3n) is 13.3. The number of esters is 3. The maximum Gasteiger partial charge on any atom is 0.306 e. The van der Waals surface area contributed by atoms with Crippen LogP contribution >= 0.6 is 0 Å². The summed E-state index contributed by atoms with van der Waals surface area (Å²) < 4.78 is 16.8. The average molecular weight is 968 g/mol. The third kappa shape index (κ3) is 56.2. The molecule has 0 rings (SSSR count). The Labute approximate surface area is 428 Å². The van der Waals surface area contributed by atoms with Crippen LogP contribution < -0.4 is 0 Å². The normalized spacial score (nSPS) is 12.3. The third-order valence-corrected chi connectivity index (χ3v) is 13.3. The number of carbonyl (C=O) groups is 3. The molecule has 6 heteroatoms. The van der Waals surface area contributed by atoms with E-state index in [1.54, 1.807) is 0 Å². The molecule has 6 nitrogen and oxygen atoms in total. The van der Waals surface area contributed by atoms with E-state index in [0.29, 0.717) is 19.3 Å². The molecule has 402 valence electrons. The van der Waals surface area contributed by atoms with Crippen molar-refractivity contribution in [2.45, 2.75) is 322 Å². The molecule has 0 N–H and O–H groups in total. The van der Waals surface area contributed by atoms with E-state index in [4.69, 9.17) is 14.2 Å². The maximum absolute atomic E-state index is 12.8. The lowest BCUT2D eigenvalue weighted by atomic mass is 10.0. The van der Waals surface area contributed by atoms with Gasteiger partial charge < -0.3 is 14.2 Å². The van der Waals surface area contributed by atoms with Crippen molar-refractivity contribution in [1.29, 1.82) is 0 Å². The maximum atomic E-state index is 12.8. The predicted molar refractivity (Wildman–Crippen MR) is 298 cm³/mol. The molecule has 1 unspecified atom stereocenters. The first kappa shape index (κ1) is 66.4. The zero-order valence-corrected chi connectivity index (χ0v) is 46.1. The molecule has 0 aliphatic heterocycles. The summed E-state index contributed by atoms with van der Waals surface area (Å²) in [5.41, 5.74) is 0. The van der Waals surface area contributed by atoms with Crippen LogP contribution in [0.1, 0.15) is 316 Å². The first-order valence-corrected chi connectivity index (χ1v) is 30.1. The predicted octanol–water partition coefficient (Wildman–Crippen LogP) is 20.2. The summed E-state index contributed by atoms with van der Waals surface area (Å²) in [6.07, 6.45) is 71.3. The van der Waals surface area contributed by atoms with E-state index in [-0.39, 0.29) is 31.1 Å². The zero-order chi connectivity index (χ0) is 50.0. The van der Waals surface area contributed by atoms with Gasteiger partial charge in [-0.1, -0.05) is 288 Å². The Balaban J connectivity index is 4.18. The minimum Gasteiger partial charge on any atom is -0.462 e. The van der Waals surface area contributed by atoms with Crippen molar-refractivity contribution < 1.29 is 28.6 Å². The van der Waals surface area contributed by atoms with E-state index in [9.17, 15) is 14.4 Å². The second-order valence-corrected chi connectivity index (χ2v) is 20.2. The molecule has 0 saturated carbocycles. The van der Waals surface area contributed by atoms with E-state index in [1.165, 1.54) is 186 Å². The Hall–Kier alpha value is -2.63. The summed E-state index contributed by atoms with van der Waals surface area (Å²) in [5, 5.41) is 0. The summed E-state index contributed by atoms with van der Waals surface area (Å²) in [4.78, 5) is 38.1. The summed E-state index contributed by atoms with van der Waals surface area (Å²) in [5.74, 6) is -0.868. The number of allylic oxidation sites excluding steroid dienone is 8. The quantitative estimate of drug-likeness (QED) is 0.0262. The van der Waals surface area contributed by atoms with E-state index in [0.717, 1.165) is 89.9 Å². The molecule has 0 aromatic heterocycles. The average Bonchev–Trinajstić information content (AvgIpc) is 3.35. The van der Waals surface area contributed by atoms with E-state index >= 15 is 0 Å². The van der Waals surface area contributed by atoms with Crippen LogP contribution in [0.3, 0.4) is 0 Å². The molecule has 0 aromatic rings. The minimum atomic E-state index is -0.773. The van der Waals surface area contributed by atoms with Gasteiger partial charge in [-0.2, -0.15) is 0 Å². The number of hydrogen-bond acceptors (Lipinski definition) is 6. The number of unbranched alkanes of at least 4 members (excludes halogenated alkanes) is 36. The highest BCUT2D eigenvalue weighted by Gasteiger charge is 2.19. The van der Waals surface area contributed by atoms with Crippen molar-refractivity contribution in [2.24, 2.45) is 0 Å². The van der Waals surface area contributed by atoms with Gasteiger partial charge in [-0.25, -0.2) is 0 Å². The van der Waals surface area contributed by atoms with Crippen molar-refractivity contribution in [3.05, 3.63) is 48.6 Å². The summed E-state index contributed by atoms with van der Waals surface area (Å²) >= 11 is 0. The summed E-state index contributed by atoms with van der Waals surface area (Å²) in [7, 11) is 0. The molecule has 0 aliphatic rings. The van der Waals surface area contributed by atoms with Crippen molar-refractivity contribution in [3.63, 3.8) is 0 Å². The molecular formula is C63H114O6. The Morgan fingerprint density at radius 1 is 0.304 bits per heavy atom. The van der Waals surface area contributed by atoms with Gasteiger partial charge in [-0.15, -0.1) is 0 Å². The lowest BCUT2D eigenvalue weighted by Crippen LogP contribution is -2.30. The number of rotatable bonds is 55. The molecule has 0 aliphatic carbocycles. The van der Waals surface area contributed by atoms with Crippen LogP contribution in [0.5, 0.6) is 0 Å². The van der Waals surface area contributed by atoms with Crippen LogP contribution in [0.2, 0.25) is 0 Å². The molecule has 0 saturated heterocycles. The fraction of sp³-hybridized carbons (Fsp3) is 0.825. The van der Waals surface area contributed by atoms with Gasteiger partial charge in [0.05, 0.1) is 0 Å². The molecular weight excluding hydrogens is 853 g/mol. The highest BCUT2D eigenvalue weighted by atomic mass is 16.6. The van der Waals surface area contributed by atoms with E-state index in [1.807, 2.05) is 0 Å². The van der Waals surface area contributed by atoms with Crippen LogP contribution in [-0.2, 0) is 28.6 Å². The van der Waals surface area contributed by atoms with Crippen LogP contribution in [0.4, 0.5) is 0 Å². The van der Waals surface area contributed by atoms with Crippen LogP contribution in [0, 0.1) is 0 Å². The van der Waals surface area contributed by atoms with Crippen molar-refractivity contribution >= 4 is 17.9 Å². The molecule has 0 amide bonds. The summed E-state index contributed by atoms with van der Waals surface area (Å²) in [6.45, 7) is 6.54. The smallest absolute Gasteiger partial charge is 0.306 e. The molecule has 0 fully saturated rings. The molecule has 0 spiro atoms. The molecule has 0 bridgehead atoms. The van der Waals surface area contributed by atoms with Gasteiger partial charge in [0.15, 0.2) is 6.10 Å². The molecule has 0 heterocycles. The van der Waals surface area contributed by atoms with Crippen LogP contribution in [-0.4, -0.2) is 37.2 Å². The van der Waals surface area contributed by atoms with Gasteiger partial charge in [-0.3, -0.25) is 14.4 Å². The van der Waals surface area contributed by atoms with Crippen LogP contribution in [0.15, 0.2) is 48.6 Å². The Bertz CT molecular complexity index is 1200. The second-order valence-electron chi connectivity index (χ2n) is 20.2. The topological polar surface area (TPSA) is 78.9 Å². The Morgan fingerprint density at radius 3 is 0.884 bits per heavy atom. The summed E-state index contributed by atoms with van der Waals surface area (Å²) in [6, 6.07) is 0. The number of carbonyl (C=O) groups excluding carboxylic acids is 3. The minimum absolute atomic E-state index is 0.0722. The van der Waals surface area contributed by atoms with Gasteiger partial charge in [-0.05, 0) is 57.8 Å². The van der Waals surface area contributed by atoms with Gasteiger partial charge in [0, 0.05) is 19.3 Å². The first-order valence-electron chi connectivity index (χ1n) is 30.1. The second kappa shape index (κ2) is 57.9. The molecule has 69 heavy (non-hydrogen) atoms. The Morgan fingerprint density at radius 2 is 0.565 bits per heavy atom. The van der Waals surface area contributed by atoms with Crippen molar-refractivity contribution in [1.82, 2.24) is 0 Å². The molecule has 1 atom stereocenters. The Kier molecular flexibility index (Phi) is 55.7. The highest BCUT2D eigenvalue weighted by molar-refractivity contribution is 5.71. The van der Waals surface area contributed by atoms with Gasteiger partial charge in [0.25, 0.3) is 0 Å². The lowest BCUT2D eigenvalue weighted by molar-refractivity contribution is -0.167. The van der Waals surface area contributed by atoms with Crippen molar-refractivity contribution in [2.75, 3.05) is 13.2 Å². The fourth-order valence-corrected chi connectivity index (χ4v) is 8.85. The SMILES string of the molecule is CC/C=C\C/C=C\C/C=C\C/C=C\CCCCCCCCCCC(=O)OC(COC(=O)CCCCCCCCCC)COC(=O)CCCCCCCCCCCCCCCCCCCCCCCC. The van der Waals surface area contributed by atoms with E-state index < -0.39 is 6.10 Å². The number of hydrogen-bond donors (Lipinski definition) is 0. The monoisotopic (exact) mass is 967 g/mol. The van der Waals surface area contributed by atoms with Gasteiger partial charge in [0.1, 0.15) is 13.2 Å². The fourth-order valence-electron chi connectivity index (χ4n) is 8.85. The van der Waals surface area contributed by atoms with Gasteiger partial charge in [0.2, 0.25) is 0 Å². The van der Waals surface area contributed by atoms with Crippen molar-refractivity contribution in [3.8, 4) is 0 Å². The van der Waals surface area contributed by atoms with E-state index in [2.05, 4.69) is 69.4 Å². The number of ether oxygens (including phenoxy) is 3. The van der Waals surface area contributed by atoms with Crippen LogP contribution in [0.25, 0.3) is 0 Å². The zero-order valence-electron chi connectivity index (χ0n) is 46.1. The lowest BCUT2D eigenvalue weighted by Gasteiger charge is -2.18. The molecule has 0 radical (unpaired) electrons.